The minimum absolute atomic E-state index is 0.0995. The molecular weight excluding hydrogens is 134 g/mol. The van der Waals surface area contributed by atoms with Crippen LogP contribution in [0.25, 0.3) is 0 Å². The first-order chi connectivity index (χ1) is 4.70. The topological polar surface area (TPSA) is 76.4 Å². The van der Waals surface area contributed by atoms with Crippen LogP contribution in [-0.4, -0.2) is 42.6 Å². The summed E-state index contributed by atoms with van der Waals surface area (Å²) in [6.45, 7) is 0.318. The Bertz CT molecular complexity index is 146. The van der Waals surface area contributed by atoms with Crippen LogP contribution in [0, 0.1) is 5.41 Å². The molecule has 1 rings (SSSR count). The summed E-state index contributed by atoms with van der Waals surface area (Å²) in [4.78, 5) is 11.9. The summed E-state index contributed by atoms with van der Waals surface area (Å²) in [5, 5.41) is 16.3. The van der Waals surface area contributed by atoms with Crippen LogP contribution in [0.4, 0.5) is 0 Å². The van der Waals surface area contributed by atoms with Crippen LogP contribution in [0.15, 0.2) is 0 Å². The van der Waals surface area contributed by atoms with Crippen LogP contribution in [0.2, 0.25) is 0 Å². The molecule has 0 aromatic heterocycles. The van der Waals surface area contributed by atoms with E-state index in [1.165, 1.54) is 0 Å². The van der Waals surface area contributed by atoms with Gasteiger partial charge in [-0.3, -0.25) is 15.5 Å². The largest absolute Gasteiger partial charge is 0.400 e. The summed E-state index contributed by atoms with van der Waals surface area (Å²) in [6.07, 6.45) is 0. The van der Waals surface area contributed by atoms with E-state index < -0.39 is 0 Å². The second-order valence-electron chi connectivity index (χ2n) is 1.75. The van der Waals surface area contributed by atoms with Gasteiger partial charge in [-0.2, -0.15) is 0 Å². The van der Waals surface area contributed by atoms with E-state index in [0.717, 1.165) is 7.11 Å². The fourth-order valence-electron chi connectivity index (χ4n) is 0.561. The van der Waals surface area contributed by atoms with Crippen molar-refractivity contribution in [2.45, 2.75) is 0 Å². The van der Waals surface area contributed by atoms with Crippen LogP contribution in [0.1, 0.15) is 0 Å². The van der Waals surface area contributed by atoms with Crippen molar-refractivity contribution >= 4 is 11.9 Å². The van der Waals surface area contributed by atoms with Gasteiger partial charge in [-0.15, -0.1) is 0 Å². The Balaban J connectivity index is 0.000000371. The van der Waals surface area contributed by atoms with Crippen molar-refractivity contribution in [3.8, 4) is 0 Å². The van der Waals surface area contributed by atoms with Gasteiger partial charge in [0, 0.05) is 14.2 Å². The summed E-state index contributed by atoms with van der Waals surface area (Å²) >= 11 is 0. The van der Waals surface area contributed by atoms with Crippen LogP contribution in [0.5, 0.6) is 0 Å². The number of hydrogen-bond acceptors (Lipinski definition) is 3. The predicted molar refractivity (Wildman–Crippen MR) is 36.6 cm³/mol. The van der Waals surface area contributed by atoms with Crippen LogP contribution in [-0.2, 0) is 4.79 Å². The SMILES string of the molecule is CN1CC(=O)NC1=N.CO. The molecule has 1 heterocycles. The molecule has 0 atom stereocenters. The molecule has 0 saturated carbocycles. The number of rotatable bonds is 0. The maximum Gasteiger partial charge on any atom is 0.246 e. The van der Waals surface area contributed by atoms with Gasteiger partial charge < -0.3 is 10.0 Å². The third-order valence-electron chi connectivity index (χ3n) is 1.02. The number of amides is 1. The van der Waals surface area contributed by atoms with E-state index in [-0.39, 0.29) is 11.9 Å². The van der Waals surface area contributed by atoms with Gasteiger partial charge in [-0.25, -0.2) is 0 Å². The first-order valence-electron chi connectivity index (χ1n) is 2.74. The van der Waals surface area contributed by atoms with Gasteiger partial charge >= 0.3 is 0 Å². The molecule has 1 saturated heterocycles. The average molecular weight is 145 g/mol. The normalized spacial score (nSPS) is 16.1. The Morgan fingerprint density at radius 1 is 1.70 bits per heavy atom. The molecule has 0 bridgehead atoms. The third kappa shape index (κ3) is 2.02. The average Bonchev–Trinajstić information content (AvgIpc) is 2.16. The third-order valence-corrected chi connectivity index (χ3v) is 1.02. The fourth-order valence-corrected chi connectivity index (χ4v) is 0.561. The van der Waals surface area contributed by atoms with E-state index >= 15 is 0 Å². The van der Waals surface area contributed by atoms with Crippen molar-refractivity contribution in [1.82, 2.24) is 10.2 Å². The van der Waals surface area contributed by atoms with Crippen molar-refractivity contribution in [3.63, 3.8) is 0 Å². The Morgan fingerprint density at radius 3 is 2.30 bits per heavy atom. The number of nitrogens with one attached hydrogen (secondary N) is 2. The first-order valence-corrected chi connectivity index (χ1v) is 2.74. The minimum Gasteiger partial charge on any atom is -0.400 e. The van der Waals surface area contributed by atoms with Crippen molar-refractivity contribution in [1.29, 1.82) is 5.41 Å². The molecule has 5 nitrogen and oxygen atoms in total. The second kappa shape index (κ2) is 3.84. The van der Waals surface area contributed by atoms with Crippen LogP contribution in [0.3, 0.4) is 0 Å². The van der Waals surface area contributed by atoms with E-state index in [1.54, 1.807) is 11.9 Å². The number of aliphatic hydroxyl groups excluding tert-OH is 1. The number of nitrogens with zero attached hydrogens (tertiary/aromatic N) is 1. The lowest BCUT2D eigenvalue weighted by atomic mass is 10.6. The van der Waals surface area contributed by atoms with E-state index in [2.05, 4.69) is 5.32 Å². The Labute approximate surface area is 59.1 Å². The monoisotopic (exact) mass is 145 g/mol. The highest BCUT2D eigenvalue weighted by Gasteiger charge is 2.18. The lowest BCUT2D eigenvalue weighted by molar-refractivity contribution is -0.118. The number of aliphatic hydroxyl groups is 1. The molecule has 3 N–H and O–H groups in total. The van der Waals surface area contributed by atoms with Crippen LogP contribution >= 0.6 is 0 Å². The second-order valence-corrected chi connectivity index (χ2v) is 1.75. The van der Waals surface area contributed by atoms with E-state index in [9.17, 15) is 4.79 Å². The lowest BCUT2D eigenvalue weighted by Gasteiger charge is -2.03. The van der Waals surface area contributed by atoms with Gasteiger partial charge in [0.1, 0.15) is 0 Å². The Morgan fingerprint density at radius 2 is 2.20 bits per heavy atom. The molecule has 1 aliphatic heterocycles. The van der Waals surface area contributed by atoms with E-state index in [4.69, 9.17) is 10.5 Å². The quantitative estimate of drug-likeness (QED) is 0.392. The van der Waals surface area contributed by atoms with E-state index in [1.807, 2.05) is 0 Å². The highest BCUT2D eigenvalue weighted by atomic mass is 16.2. The van der Waals surface area contributed by atoms with Gasteiger partial charge in [0.15, 0.2) is 5.96 Å². The van der Waals surface area contributed by atoms with Crippen molar-refractivity contribution < 1.29 is 9.90 Å². The van der Waals surface area contributed by atoms with Gasteiger partial charge in [0.05, 0.1) is 6.54 Å². The number of carbonyl (C=O) groups is 1. The molecule has 0 aliphatic carbocycles. The number of carbonyl (C=O) groups excluding carboxylic acids is 1. The summed E-state index contributed by atoms with van der Waals surface area (Å²) < 4.78 is 0. The van der Waals surface area contributed by atoms with Crippen molar-refractivity contribution in [2.24, 2.45) is 0 Å². The first kappa shape index (κ1) is 8.90. The van der Waals surface area contributed by atoms with Gasteiger partial charge in [0.2, 0.25) is 5.91 Å². The van der Waals surface area contributed by atoms with Crippen molar-refractivity contribution in [3.05, 3.63) is 0 Å². The minimum atomic E-state index is -0.0995. The van der Waals surface area contributed by atoms with E-state index in [0.29, 0.717) is 6.54 Å². The smallest absolute Gasteiger partial charge is 0.246 e. The molecule has 0 spiro atoms. The molecule has 5 heteroatoms. The van der Waals surface area contributed by atoms with Gasteiger partial charge in [-0.1, -0.05) is 0 Å². The number of hydrogen-bond donors (Lipinski definition) is 3. The maximum atomic E-state index is 10.4. The zero-order valence-corrected chi connectivity index (χ0v) is 6.01. The molecule has 1 aliphatic rings. The molecular formula is C5H11N3O2. The number of guanidine groups is 1. The highest BCUT2D eigenvalue weighted by Crippen LogP contribution is 1.89. The van der Waals surface area contributed by atoms with Crippen molar-refractivity contribution in [2.75, 3.05) is 20.7 Å². The molecule has 0 aromatic carbocycles. The summed E-state index contributed by atoms with van der Waals surface area (Å²) in [7, 11) is 2.69. The lowest BCUT2D eigenvalue weighted by Crippen LogP contribution is -2.25. The van der Waals surface area contributed by atoms with Crippen LogP contribution < -0.4 is 5.32 Å². The standard InChI is InChI=1S/C4H7N3O.CH4O/c1-7-2-3(8)6-4(7)5;1-2/h2H2,1H3,(H2,5,6,8);2H,1H3. The maximum absolute atomic E-state index is 10.4. The number of likely N-dealkylation sites (N-methyl/N-ethyl adjacent to an activating group) is 1. The molecule has 0 aromatic rings. The van der Waals surface area contributed by atoms with Gasteiger partial charge in [0.25, 0.3) is 0 Å². The summed E-state index contributed by atoms with van der Waals surface area (Å²) in [5.41, 5.74) is 0. The molecule has 1 amide bonds. The van der Waals surface area contributed by atoms with Gasteiger partial charge in [-0.05, 0) is 0 Å². The molecule has 1 fully saturated rings. The molecule has 0 unspecified atom stereocenters. The Hall–Kier alpha value is -1.10. The highest BCUT2D eigenvalue weighted by molar-refractivity contribution is 6.02. The summed E-state index contributed by atoms with van der Waals surface area (Å²) in [5.74, 6) is 0.0903. The zero-order valence-electron chi connectivity index (χ0n) is 6.01. The predicted octanol–water partition coefficient (Wildman–Crippen LogP) is -1.41. The molecule has 10 heavy (non-hydrogen) atoms. The Kier molecular flexibility index (Phi) is 3.42. The summed E-state index contributed by atoms with van der Waals surface area (Å²) in [6, 6.07) is 0. The fraction of sp³-hybridized carbons (Fsp3) is 0.600. The molecule has 58 valence electrons. The zero-order chi connectivity index (χ0) is 8.15. The molecule has 0 radical (unpaired) electrons.